The van der Waals surface area contributed by atoms with Crippen LogP contribution in [0.15, 0.2) is 29.4 Å². The predicted octanol–water partition coefficient (Wildman–Crippen LogP) is 2.04. The molecule has 1 N–H and O–H groups in total. The van der Waals surface area contributed by atoms with Gasteiger partial charge in [0.05, 0.1) is 12.8 Å². The van der Waals surface area contributed by atoms with E-state index in [0.717, 1.165) is 43.1 Å². The second-order valence-electron chi connectivity index (χ2n) is 5.74. The average Bonchev–Trinajstić information content (AvgIpc) is 3.12. The minimum Gasteiger partial charge on any atom is -0.497 e. The number of rotatable bonds is 9. The van der Waals surface area contributed by atoms with Crippen molar-refractivity contribution in [3.8, 4) is 5.75 Å². The summed E-state index contributed by atoms with van der Waals surface area (Å²) >= 11 is 0. The van der Waals surface area contributed by atoms with Crippen LogP contribution in [-0.2, 0) is 9.63 Å². The topological polar surface area (TPSA) is 63.2 Å². The highest BCUT2D eigenvalue weighted by molar-refractivity contribution is 6.04. The molecule has 1 aliphatic rings. The van der Waals surface area contributed by atoms with E-state index in [2.05, 4.69) is 29.2 Å². The van der Waals surface area contributed by atoms with Gasteiger partial charge in [0.1, 0.15) is 5.75 Å². The zero-order chi connectivity index (χ0) is 17.4. The molecule has 1 amide bonds. The summed E-state index contributed by atoms with van der Waals surface area (Å²) in [6.45, 7) is 8.01. The normalized spacial score (nSPS) is 16.7. The summed E-state index contributed by atoms with van der Waals surface area (Å²) in [5.41, 5.74) is 1.70. The van der Waals surface area contributed by atoms with Crippen molar-refractivity contribution < 1.29 is 14.4 Å². The largest absolute Gasteiger partial charge is 0.497 e. The first-order valence-corrected chi connectivity index (χ1v) is 8.55. The number of oxime groups is 1. The molecule has 1 atom stereocenters. The van der Waals surface area contributed by atoms with Crippen LogP contribution in [0.1, 0.15) is 32.3 Å². The summed E-state index contributed by atoms with van der Waals surface area (Å²) in [7, 11) is 1.63. The monoisotopic (exact) mass is 333 g/mol. The van der Waals surface area contributed by atoms with E-state index in [0.29, 0.717) is 13.0 Å². The number of nitrogens with one attached hydrogen (secondary N) is 1. The van der Waals surface area contributed by atoms with Crippen LogP contribution in [0.5, 0.6) is 5.75 Å². The van der Waals surface area contributed by atoms with Gasteiger partial charge in [-0.15, -0.1) is 0 Å². The first-order valence-electron chi connectivity index (χ1n) is 8.55. The molecule has 6 nitrogen and oxygen atoms in total. The van der Waals surface area contributed by atoms with Gasteiger partial charge >= 0.3 is 0 Å². The number of carbonyl (C=O) groups is 1. The Morgan fingerprint density at radius 3 is 2.92 bits per heavy atom. The minimum absolute atomic E-state index is 0.101. The summed E-state index contributed by atoms with van der Waals surface area (Å²) in [6, 6.07) is 7.61. The first kappa shape index (κ1) is 18.3. The Hall–Kier alpha value is -2.08. The van der Waals surface area contributed by atoms with Gasteiger partial charge < -0.3 is 19.8 Å². The number of methoxy groups -OCH3 is 1. The maximum Gasteiger partial charge on any atom is 0.264 e. The SMILES string of the molecule is CCN(CC)CCCNC(=O)C1CC(c2cccc(OC)c2)=NO1. The molecule has 1 aromatic carbocycles. The molecule has 0 radical (unpaired) electrons. The molecular formula is C18H27N3O3. The number of amides is 1. The van der Waals surface area contributed by atoms with Crippen molar-refractivity contribution in [3.63, 3.8) is 0 Å². The van der Waals surface area contributed by atoms with Gasteiger partial charge in [0, 0.05) is 18.5 Å². The van der Waals surface area contributed by atoms with Gasteiger partial charge in [-0.2, -0.15) is 0 Å². The number of ether oxygens (including phenoxy) is 1. The van der Waals surface area contributed by atoms with E-state index in [-0.39, 0.29) is 5.91 Å². The van der Waals surface area contributed by atoms with Crippen LogP contribution >= 0.6 is 0 Å². The van der Waals surface area contributed by atoms with Crippen LogP contribution < -0.4 is 10.1 Å². The molecule has 0 aromatic heterocycles. The molecule has 0 saturated heterocycles. The third-order valence-corrected chi connectivity index (χ3v) is 4.21. The Balaban J connectivity index is 1.76. The van der Waals surface area contributed by atoms with Gasteiger partial charge in [-0.1, -0.05) is 31.1 Å². The van der Waals surface area contributed by atoms with E-state index in [1.165, 1.54) is 0 Å². The number of benzene rings is 1. The molecule has 132 valence electrons. The second kappa shape index (κ2) is 9.27. The van der Waals surface area contributed by atoms with Gasteiger partial charge in [0.2, 0.25) is 6.10 Å². The number of hydrogen-bond acceptors (Lipinski definition) is 5. The summed E-state index contributed by atoms with van der Waals surface area (Å²) < 4.78 is 5.21. The minimum atomic E-state index is -0.542. The van der Waals surface area contributed by atoms with Crippen LogP contribution in [0.2, 0.25) is 0 Å². The van der Waals surface area contributed by atoms with Crippen molar-refractivity contribution in [3.05, 3.63) is 29.8 Å². The van der Waals surface area contributed by atoms with Crippen LogP contribution in [0.3, 0.4) is 0 Å². The van der Waals surface area contributed by atoms with Gasteiger partial charge in [0.25, 0.3) is 5.91 Å². The smallest absolute Gasteiger partial charge is 0.264 e. The maximum atomic E-state index is 12.2. The van der Waals surface area contributed by atoms with Crippen molar-refractivity contribution in [1.29, 1.82) is 0 Å². The molecule has 2 rings (SSSR count). The predicted molar refractivity (Wildman–Crippen MR) is 94.4 cm³/mol. The molecular weight excluding hydrogens is 306 g/mol. The van der Waals surface area contributed by atoms with Crippen molar-refractivity contribution in [2.45, 2.75) is 32.8 Å². The standard InChI is InChI=1S/C18H27N3O3/c1-4-21(5-2)11-7-10-19-18(22)17-13-16(20-24-17)14-8-6-9-15(12-14)23-3/h6,8-9,12,17H,4-5,7,10-11,13H2,1-3H3,(H,19,22). The molecule has 1 unspecified atom stereocenters. The Bertz CT molecular complexity index is 570. The molecule has 0 aliphatic carbocycles. The molecule has 0 bridgehead atoms. The van der Waals surface area contributed by atoms with Crippen molar-refractivity contribution in [2.75, 3.05) is 33.3 Å². The molecule has 1 heterocycles. The first-order chi connectivity index (χ1) is 11.7. The fourth-order valence-electron chi connectivity index (χ4n) is 2.66. The van der Waals surface area contributed by atoms with Gasteiger partial charge in [-0.25, -0.2) is 0 Å². The Labute approximate surface area is 143 Å². The highest BCUT2D eigenvalue weighted by atomic mass is 16.6. The van der Waals surface area contributed by atoms with Crippen LogP contribution in [0.4, 0.5) is 0 Å². The summed E-state index contributed by atoms with van der Waals surface area (Å²) in [4.78, 5) is 19.8. The third-order valence-electron chi connectivity index (χ3n) is 4.21. The van der Waals surface area contributed by atoms with E-state index < -0.39 is 6.10 Å². The van der Waals surface area contributed by atoms with Gasteiger partial charge in [-0.3, -0.25) is 4.79 Å². The van der Waals surface area contributed by atoms with Crippen LogP contribution in [0, 0.1) is 0 Å². The van der Waals surface area contributed by atoms with E-state index in [1.807, 2.05) is 24.3 Å². The quantitative estimate of drug-likeness (QED) is 0.703. The Morgan fingerprint density at radius 2 is 2.21 bits per heavy atom. The highest BCUT2D eigenvalue weighted by Gasteiger charge is 2.28. The maximum absolute atomic E-state index is 12.2. The number of hydrogen-bond donors (Lipinski definition) is 1. The second-order valence-corrected chi connectivity index (χ2v) is 5.74. The van der Waals surface area contributed by atoms with Crippen LogP contribution in [0.25, 0.3) is 0 Å². The van der Waals surface area contributed by atoms with E-state index in [4.69, 9.17) is 9.57 Å². The Kier molecular flexibility index (Phi) is 7.06. The number of carbonyl (C=O) groups excluding carboxylic acids is 1. The summed E-state index contributed by atoms with van der Waals surface area (Å²) in [5, 5.41) is 6.99. The van der Waals surface area contributed by atoms with Gasteiger partial charge in [-0.05, 0) is 38.2 Å². The van der Waals surface area contributed by atoms with Gasteiger partial charge in [0.15, 0.2) is 0 Å². The van der Waals surface area contributed by atoms with E-state index in [9.17, 15) is 4.79 Å². The lowest BCUT2D eigenvalue weighted by molar-refractivity contribution is -0.131. The fourth-order valence-corrected chi connectivity index (χ4v) is 2.66. The third kappa shape index (κ3) is 4.96. The zero-order valence-electron chi connectivity index (χ0n) is 14.7. The molecule has 0 fully saturated rings. The lowest BCUT2D eigenvalue weighted by Gasteiger charge is -2.18. The highest BCUT2D eigenvalue weighted by Crippen LogP contribution is 2.20. The van der Waals surface area contributed by atoms with Crippen molar-refractivity contribution >= 4 is 11.6 Å². The Morgan fingerprint density at radius 1 is 1.42 bits per heavy atom. The lowest BCUT2D eigenvalue weighted by atomic mass is 10.0. The molecule has 1 aliphatic heterocycles. The molecule has 0 spiro atoms. The van der Waals surface area contributed by atoms with Crippen molar-refractivity contribution in [2.24, 2.45) is 5.16 Å². The van der Waals surface area contributed by atoms with Crippen molar-refractivity contribution in [1.82, 2.24) is 10.2 Å². The molecule has 1 aromatic rings. The average molecular weight is 333 g/mol. The van der Waals surface area contributed by atoms with Crippen LogP contribution in [-0.4, -0.2) is 55.9 Å². The summed E-state index contributed by atoms with van der Waals surface area (Å²) in [6.07, 6.45) is 0.873. The lowest BCUT2D eigenvalue weighted by Crippen LogP contribution is -2.36. The molecule has 24 heavy (non-hydrogen) atoms. The van der Waals surface area contributed by atoms with E-state index >= 15 is 0 Å². The summed E-state index contributed by atoms with van der Waals surface area (Å²) in [5.74, 6) is 0.663. The number of nitrogens with zero attached hydrogens (tertiary/aromatic N) is 2. The zero-order valence-corrected chi connectivity index (χ0v) is 14.7. The molecule has 6 heteroatoms. The molecule has 0 saturated carbocycles. The fraction of sp³-hybridized carbons (Fsp3) is 0.556. The van der Waals surface area contributed by atoms with E-state index in [1.54, 1.807) is 7.11 Å².